The summed E-state index contributed by atoms with van der Waals surface area (Å²) >= 11 is 6.89. The fourth-order valence-corrected chi connectivity index (χ4v) is 7.31. The molecule has 176 valence electrons. The summed E-state index contributed by atoms with van der Waals surface area (Å²) in [4.78, 5) is 26.0. The molecule has 2 aromatic rings. The van der Waals surface area contributed by atoms with Gasteiger partial charge in [-0.25, -0.2) is 0 Å². The number of hydrogen-bond donors (Lipinski definition) is 0. The van der Waals surface area contributed by atoms with Gasteiger partial charge in [0.15, 0.2) is 17.3 Å². The molecule has 0 amide bonds. The molecule has 0 saturated heterocycles. The Balaban J connectivity index is 1.59. The quantitative estimate of drug-likeness (QED) is 0.390. The minimum atomic E-state index is -4.06. The highest BCUT2D eigenvalue weighted by Crippen LogP contribution is 2.49. The lowest BCUT2D eigenvalue weighted by Gasteiger charge is -2.36. The molecule has 2 aliphatic carbocycles. The lowest BCUT2D eigenvalue weighted by Crippen LogP contribution is -2.30. The number of carbonyl (C=O) groups excluding carboxylic acids is 2. The van der Waals surface area contributed by atoms with Crippen molar-refractivity contribution in [1.29, 1.82) is 0 Å². The summed E-state index contributed by atoms with van der Waals surface area (Å²) in [7, 11) is -4.06. The number of rotatable bonds is 4. The molecule has 1 heterocycles. The number of benzene rings is 2. The molecular weight excluding hydrogens is 588 g/mol. The predicted molar refractivity (Wildman–Crippen MR) is 132 cm³/mol. The van der Waals surface area contributed by atoms with Crippen LogP contribution in [-0.2, 0) is 24.4 Å². The number of carbonyl (C=O) groups is 2. The standard InChI is InChI=1S/C25H20Br2O6S/c26-16-12-14(13-17(27)25(16)33-34(30,31)15-6-2-1-3-7-15)22-23-18(28)8-4-10-20(23)32-21-11-5-9-19(29)24(21)22/h1-3,6-7,12-13,22H,4-5,8-11H2. The van der Waals surface area contributed by atoms with Crippen LogP contribution in [0, 0.1) is 0 Å². The monoisotopic (exact) mass is 606 g/mol. The largest absolute Gasteiger partial charge is 0.465 e. The minimum absolute atomic E-state index is 0.0181. The molecule has 0 atom stereocenters. The second-order valence-electron chi connectivity index (χ2n) is 8.43. The molecule has 5 rings (SSSR count). The Bertz CT molecular complexity index is 1310. The van der Waals surface area contributed by atoms with Gasteiger partial charge in [0.2, 0.25) is 0 Å². The van der Waals surface area contributed by atoms with Gasteiger partial charge < -0.3 is 8.92 Å². The van der Waals surface area contributed by atoms with E-state index in [1.807, 2.05) is 0 Å². The van der Waals surface area contributed by atoms with Gasteiger partial charge in [-0.15, -0.1) is 0 Å². The SMILES string of the molecule is O=C1CCCC2=C1C(c1cc(Br)c(OS(=O)(=O)c3ccccc3)c(Br)c1)C1=C(CCCC1=O)O2. The number of hydrogen-bond acceptors (Lipinski definition) is 6. The van der Waals surface area contributed by atoms with Crippen LogP contribution in [0.1, 0.15) is 50.0 Å². The molecule has 0 N–H and O–H groups in total. The van der Waals surface area contributed by atoms with Crippen LogP contribution in [0.15, 0.2) is 79.0 Å². The highest BCUT2D eigenvalue weighted by Gasteiger charge is 2.42. The number of allylic oxidation sites excluding steroid dienone is 4. The van der Waals surface area contributed by atoms with Gasteiger partial charge in [0.25, 0.3) is 0 Å². The third-order valence-corrected chi connectivity index (χ3v) is 8.63. The van der Waals surface area contributed by atoms with Crippen molar-refractivity contribution in [1.82, 2.24) is 0 Å². The van der Waals surface area contributed by atoms with Crippen molar-refractivity contribution in [2.75, 3.05) is 0 Å². The maximum atomic E-state index is 13.0. The zero-order chi connectivity index (χ0) is 24.0. The van der Waals surface area contributed by atoms with Crippen molar-refractivity contribution < 1.29 is 26.9 Å². The third-order valence-electron chi connectivity index (χ3n) is 6.22. The summed E-state index contributed by atoms with van der Waals surface area (Å²) in [6.07, 6.45) is 3.57. The van der Waals surface area contributed by atoms with Gasteiger partial charge >= 0.3 is 10.1 Å². The Morgan fingerprint density at radius 1 is 0.824 bits per heavy atom. The van der Waals surface area contributed by atoms with Gasteiger partial charge in [-0.1, -0.05) is 18.2 Å². The van der Waals surface area contributed by atoms with Crippen LogP contribution in [0.25, 0.3) is 0 Å². The minimum Gasteiger partial charge on any atom is -0.465 e. The summed E-state index contributed by atoms with van der Waals surface area (Å²) in [6, 6.07) is 11.3. The molecule has 0 spiro atoms. The average molecular weight is 608 g/mol. The molecule has 0 saturated carbocycles. The van der Waals surface area contributed by atoms with Crippen LogP contribution >= 0.6 is 31.9 Å². The zero-order valence-corrected chi connectivity index (χ0v) is 22.0. The van der Waals surface area contributed by atoms with E-state index < -0.39 is 16.0 Å². The van der Waals surface area contributed by atoms with Crippen LogP contribution in [0.3, 0.4) is 0 Å². The van der Waals surface area contributed by atoms with Gasteiger partial charge in [-0.3, -0.25) is 9.59 Å². The summed E-state index contributed by atoms with van der Waals surface area (Å²) in [5.74, 6) is 0.799. The van der Waals surface area contributed by atoms with E-state index in [4.69, 9.17) is 8.92 Å². The fourth-order valence-electron chi connectivity index (χ4n) is 4.72. The summed E-state index contributed by atoms with van der Waals surface area (Å²) in [6.45, 7) is 0. The van der Waals surface area contributed by atoms with Gasteiger partial charge in [-0.2, -0.15) is 8.42 Å². The fraction of sp³-hybridized carbons (Fsp3) is 0.280. The van der Waals surface area contributed by atoms with Crippen LogP contribution < -0.4 is 4.18 Å². The van der Waals surface area contributed by atoms with E-state index in [1.165, 1.54) is 12.1 Å². The van der Waals surface area contributed by atoms with E-state index in [0.717, 1.165) is 12.8 Å². The number of ether oxygens (including phenoxy) is 1. The molecule has 0 radical (unpaired) electrons. The lowest BCUT2D eigenvalue weighted by atomic mass is 9.73. The number of Topliss-reactive ketones (excluding diaryl/α,β-unsaturated/α-hetero) is 2. The summed E-state index contributed by atoms with van der Waals surface area (Å²) in [5, 5.41) is 0. The van der Waals surface area contributed by atoms with E-state index in [2.05, 4.69) is 31.9 Å². The van der Waals surface area contributed by atoms with Gasteiger partial charge in [0, 0.05) is 42.7 Å². The predicted octanol–water partition coefficient (Wildman–Crippen LogP) is 6.11. The van der Waals surface area contributed by atoms with Crippen LogP contribution in [0.5, 0.6) is 5.75 Å². The first-order valence-corrected chi connectivity index (χ1v) is 13.9. The van der Waals surface area contributed by atoms with E-state index in [0.29, 0.717) is 62.9 Å². The van der Waals surface area contributed by atoms with Crippen molar-refractivity contribution in [2.24, 2.45) is 0 Å². The summed E-state index contributed by atoms with van der Waals surface area (Å²) in [5.41, 5.74) is 1.76. The highest BCUT2D eigenvalue weighted by atomic mass is 79.9. The van der Waals surface area contributed by atoms with Crippen molar-refractivity contribution in [2.45, 2.75) is 49.3 Å². The highest BCUT2D eigenvalue weighted by molar-refractivity contribution is 9.11. The lowest BCUT2D eigenvalue weighted by molar-refractivity contribution is -0.117. The Morgan fingerprint density at radius 2 is 1.35 bits per heavy atom. The van der Waals surface area contributed by atoms with Crippen LogP contribution in [0.4, 0.5) is 0 Å². The molecule has 9 heteroatoms. The Morgan fingerprint density at radius 3 is 1.88 bits per heavy atom. The average Bonchev–Trinajstić information content (AvgIpc) is 2.81. The van der Waals surface area contributed by atoms with Crippen LogP contribution in [-0.4, -0.2) is 20.0 Å². The van der Waals surface area contributed by atoms with E-state index in [9.17, 15) is 18.0 Å². The number of ketones is 2. The van der Waals surface area contributed by atoms with Crippen molar-refractivity contribution in [3.63, 3.8) is 0 Å². The van der Waals surface area contributed by atoms with Gasteiger partial charge in [0.1, 0.15) is 16.4 Å². The second-order valence-corrected chi connectivity index (χ2v) is 11.7. The molecule has 0 unspecified atom stereocenters. The van der Waals surface area contributed by atoms with Crippen molar-refractivity contribution >= 4 is 53.5 Å². The van der Waals surface area contributed by atoms with E-state index in [1.54, 1.807) is 30.3 Å². The first-order valence-electron chi connectivity index (χ1n) is 10.9. The molecule has 3 aliphatic rings. The molecule has 34 heavy (non-hydrogen) atoms. The van der Waals surface area contributed by atoms with Gasteiger partial charge in [-0.05, 0) is 74.5 Å². The topological polar surface area (TPSA) is 86.7 Å². The molecule has 2 aromatic carbocycles. The normalized spacial score (nSPS) is 19.0. The molecule has 0 fully saturated rings. The maximum Gasteiger partial charge on any atom is 0.339 e. The smallest absolute Gasteiger partial charge is 0.339 e. The maximum absolute atomic E-state index is 13.0. The molecule has 0 bridgehead atoms. The molecule has 0 aromatic heterocycles. The van der Waals surface area contributed by atoms with E-state index >= 15 is 0 Å². The first-order chi connectivity index (χ1) is 16.3. The molecule has 6 nitrogen and oxygen atoms in total. The van der Waals surface area contributed by atoms with Crippen LogP contribution in [0.2, 0.25) is 0 Å². The molecule has 1 aliphatic heterocycles. The molecular formula is C25H20Br2O6S. The third kappa shape index (κ3) is 4.18. The first kappa shape index (κ1) is 23.5. The van der Waals surface area contributed by atoms with Crippen molar-refractivity contribution in [3.8, 4) is 5.75 Å². The van der Waals surface area contributed by atoms with Crippen molar-refractivity contribution in [3.05, 3.63) is 79.6 Å². The number of halogens is 2. The Labute approximate surface area is 214 Å². The summed E-state index contributed by atoms with van der Waals surface area (Å²) < 4.78 is 37.8. The van der Waals surface area contributed by atoms with Gasteiger partial charge in [0.05, 0.1) is 8.95 Å². The second kappa shape index (κ2) is 9.09. The Hall–Kier alpha value is -2.23. The zero-order valence-electron chi connectivity index (χ0n) is 18.0. The van der Waals surface area contributed by atoms with E-state index in [-0.39, 0.29) is 22.2 Å². The Kier molecular flexibility index (Phi) is 6.29.